The highest BCUT2D eigenvalue weighted by molar-refractivity contribution is 5.29. The third kappa shape index (κ3) is 2.57. The number of nitrogens with zero attached hydrogens (tertiary/aromatic N) is 1. The number of aryl methyl sites for hydroxylation is 1. The molecule has 2 N–H and O–H groups in total. The summed E-state index contributed by atoms with van der Waals surface area (Å²) in [4.78, 5) is 0. The minimum absolute atomic E-state index is 0.446. The Morgan fingerprint density at radius 2 is 2.00 bits per heavy atom. The summed E-state index contributed by atoms with van der Waals surface area (Å²) in [6.07, 6.45) is 3.82. The molecule has 0 unspecified atom stereocenters. The van der Waals surface area contributed by atoms with E-state index < -0.39 is 0 Å². The summed E-state index contributed by atoms with van der Waals surface area (Å²) in [5, 5.41) is 0. The Labute approximate surface area is 105 Å². The van der Waals surface area contributed by atoms with Gasteiger partial charge < -0.3 is 10.3 Å². The third-order valence-corrected chi connectivity index (χ3v) is 4.18. The van der Waals surface area contributed by atoms with Crippen molar-refractivity contribution in [2.24, 2.45) is 17.1 Å². The van der Waals surface area contributed by atoms with Crippen molar-refractivity contribution in [1.29, 1.82) is 0 Å². The number of rotatable bonds is 5. The fourth-order valence-electron chi connectivity index (χ4n) is 2.73. The first-order valence-electron chi connectivity index (χ1n) is 6.83. The van der Waals surface area contributed by atoms with Crippen LogP contribution in [0.1, 0.15) is 43.6 Å². The Balaban J connectivity index is 2.18. The molecule has 0 spiro atoms. The van der Waals surface area contributed by atoms with E-state index in [0.29, 0.717) is 11.3 Å². The molecule has 0 bridgehead atoms. The van der Waals surface area contributed by atoms with Crippen LogP contribution in [0, 0.1) is 25.2 Å². The second-order valence-electron chi connectivity index (χ2n) is 6.28. The van der Waals surface area contributed by atoms with Crippen LogP contribution < -0.4 is 5.73 Å². The van der Waals surface area contributed by atoms with Crippen molar-refractivity contribution in [2.45, 2.75) is 53.5 Å². The van der Waals surface area contributed by atoms with Crippen LogP contribution in [0.5, 0.6) is 0 Å². The van der Waals surface area contributed by atoms with Crippen molar-refractivity contribution in [3.8, 4) is 0 Å². The maximum atomic E-state index is 5.89. The molecule has 1 fully saturated rings. The summed E-state index contributed by atoms with van der Waals surface area (Å²) >= 11 is 0. The lowest BCUT2D eigenvalue weighted by molar-refractivity contribution is 0.499. The maximum absolute atomic E-state index is 5.89. The van der Waals surface area contributed by atoms with Crippen LogP contribution in [0.3, 0.4) is 0 Å². The molecule has 0 radical (unpaired) electrons. The van der Waals surface area contributed by atoms with E-state index in [0.717, 1.165) is 13.1 Å². The topological polar surface area (TPSA) is 30.9 Å². The van der Waals surface area contributed by atoms with E-state index in [1.165, 1.54) is 36.2 Å². The molecule has 2 rings (SSSR count). The van der Waals surface area contributed by atoms with Crippen LogP contribution in [0.15, 0.2) is 6.07 Å². The number of hydrogen-bond acceptors (Lipinski definition) is 1. The van der Waals surface area contributed by atoms with Gasteiger partial charge in [-0.05, 0) is 62.6 Å². The summed E-state index contributed by atoms with van der Waals surface area (Å²) in [5.41, 5.74) is 10.7. The number of nitrogens with two attached hydrogens (primary N) is 1. The van der Waals surface area contributed by atoms with Gasteiger partial charge in [-0.25, -0.2) is 0 Å². The monoisotopic (exact) mass is 234 g/mol. The first-order chi connectivity index (χ1) is 7.97. The zero-order chi connectivity index (χ0) is 12.6. The van der Waals surface area contributed by atoms with Gasteiger partial charge >= 0.3 is 0 Å². The molecular formula is C15H26N2. The Hall–Kier alpha value is -0.760. The van der Waals surface area contributed by atoms with Crippen LogP contribution in [-0.2, 0) is 13.0 Å². The van der Waals surface area contributed by atoms with Crippen LogP contribution >= 0.6 is 0 Å². The van der Waals surface area contributed by atoms with Crippen molar-refractivity contribution in [3.63, 3.8) is 0 Å². The molecule has 0 atom stereocenters. The van der Waals surface area contributed by atoms with Crippen molar-refractivity contribution in [3.05, 3.63) is 23.0 Å². The van der Waals surface area contributed by atoms with Gasteiger partial charge in [-0.2, -0.15) is 0 Å². The van der Waals surface area contributed by atoms with E-state index in [9.17, 15) is 0 Å². The van der Waals surface area contributed by atoms with Crippen molar-refractivity contribution in [1.82, 2.24) is 4.57 Å². The molecule has 2 nitrogen and oxygen atoms in total. The standard InChI is InChI=1S/C15H26N2/c1-11(2)9-17-12(3)7-14(13(17)4)8-15(10-16)5-6-15/h7,11H,5-6,8-10,16H2,1-4H3. The molecule has 1 aromatic heterocycles. The molecule has 2 heteroatoms. The van der Waals surface area contributed by atoms with Crippen molar-refractivity contribution in [2.75, 3.05) is 6.54 Å². The Morgan fingerprint density at radius 1 is 1.35 bits per heavy atom. The third-order valence-electron chi connectivity index (χ3n) is 4.18. The van der Waals surface area contributed by atoms with E-state index in [4.69, 9.17) is 5.73 Å². The highest BCUT2D eigenvalue weighted by Crippen LogP contribution is 2.47. The minimum atomic E-state index is 0.446. The molecule has 1 aliphatic rings. The molecule has 17 heavy (non-hydrogen) atoms. The van der Waals surface area contributed by atoms with Gasteiger partial charge in [0.05, 0.1) is 0 Å². The predicted molar refractivity (Wildman–Crippen MR) is 73.2 cm³/mol. The van der Waals surface area contributed by atoms with Crippen LogP contribution in [-0.4, -0.2) is 11.1 Å². The van der Waals surface area contributed by atoms with Gasteiger partial charge in [-0.1, -0.05) is 13.8 Å². The second-order valence-corrected chi connectivity index (χ2v) is 6.28. The molecule has 0 saturated heterocycles. The molecule has 1 aromatic rings. The molecule has 0 aliphatic heterocycles. The van der Waals surface area contributed by atoms with Crippen LogP contribution in [0.2, 0.25) is 0 Å². The van der Waals surface area contributed by atoms with Gasteiger partial charge in [0, 0.05) is 17.9 Å². The van der Waals surface area contributed by atoms with Gasteiger partial charge in [-0.15, -0.1) is 0 Å². The van der Waals surface area contributed by atoms with Crippen LogP contribution in [0.25, 0.3) is 0 Å². The first kappa shape index (κ1) is 12.7. The van der Waals surface area contributed by atoms with Crippen LogP contribution in [0.4, 0.5) is 0 Å². The molecule has 0 aromatic carbocycles. The van der Waals surface area contributed by atoms with E-state index in [1.807, 2.05) is 0 Å². The molecule has 1 saturated carbocycles. The molecule has 1 heterocycles. The highest BCUT2D eigenvalue weighted by Gasteiger charge is 2.41. The Kier molecular flexibility index (Phi) is 3.35. The van der Waals surface area contributed by atoms with E-state index >= 15 is 0 Å². The zero-order valence-electron chi connectivity index (χ0n) is 11.7. The van der Waals surface area contributed by atoms with Gasteiger partial charge in [0.25, 0.3) is 0 Å². The number of hydrogen-bond donors (Lipinski definition) is 1. The van der Waals surface area contributed by atoms with Crippen molar-refractivity contribution < 1.29 is 0 Å². The lowest BCUT2D eigenvalue weighted by atomic mass is 9.97. The second kappa shape index (κ2) is 4.49. The van der Waals surface area contributed by atoms with Crippen molar-refractivity contribution >= 4 is 0 Å². The fourth-order valence-corrected chi connectivity index (χ4v) is 2.73. The average Bonchev–Trinajstić information content (AvgIpc) is 2.99. The quantitative estimate of drug-likeness (QED) is 0.834. The largest absolute Gasteiger partial charge is 0.349 e. The van der Waals surface area contributed by atoms with Gasteiger partial charge in [0.1, 0.15) is 0 Å². The maximum Gasteiger partial charge on any atom is 0.0247 e. The number of aromatic nitrogens is 1. The van der Waals surface area contributed by atoms with E-state index in [-0.39, 0.29) is 0 Å². The Bertz CT molecular complexity index is 397. The SMILES string of the molecule is Cc1cc(CC2(CN)CC2)c(C)n1CC(C)C. The summed E-state index contributed by atoms with van der Waals surface area (Å²) in [5.74, 6) is 0.706. The predicted octanol–water partition coefficient (Wildman–Crippen LogP) is 3.04. The minimum Gasteiger partial charge on any atom is -0.349 e. The summed E-state index contributed by atoms with van der Waals surface area (Å²) in [7, 11) is 0. The zero-order valence-corrected chi connectivity index (χ0v) is 11.7. The van der Waals surface area contributed by atoms with Gasteiger partial charge in [0.15, 0.2) is 0 Å². The summed E-state index contributed by atoms with van der Waals surface area (Å²) < 4.78 is 2.46. The summed E-state index contributed by atoms with van der Waals surface area (Å²) in [6, 6.07) is 2.37. The molecule has 96 valence electrons. The summed E-state index contributed by atoms with van der Waals surface area (Å²) in [6.45, 7) is 11.0. The Morgan fingerprint density at radius 3 is 2.47 bits per heavy atom. The smallest absolute Gasteiger partial charge is 0.0247 e. The van der Waals surface area contributed by atoms with Gasteiger partial charge in [-0.3, -0.25) is 0 Å². The fraction of sp³-hybridized carbons (Fsp3) is 0.733. The molecule has 1 aliphatic carbocycles. The lowest BCUT2D eigenvalue weighted by Gasteiger charge is -2.14. The first-order valence-corrected chi connectivity index (χ1v) is 6.83. The van der Waals surface area contributed by atoms with E-state index in [2.05, 4.69) is 38.3 Å². The average molecular weight is 234 g/mol. The van der Waals surface area contributed by atoms with E-state index in [1.54, 1.807) is 0 Å². The normalized spacial score (nSPS) is 17.8. The highest BCUT2D eigenvalue weighted by atomic mass is 15.0. The molecular weight excluding hydrogens is 208 g/mol. The lowest BCUT2D eigenvalue weighted by Crippen LogP contribution is -2.18. The van der Waals surface area contributed by atoms with Gasteiger partial charge in [0.2, 0.25) is 0 Å². The molecule has 0 amide bonds.